The summed E-state index contributed by atoms with van der Waals surface area (Å²) in [5, 5.41) is 1.90. The summed E-state index contributed by atoms with van der Waals surface area (Å²) in [4.78, 5) is 15.6. The minimum atomic E-state index is -4.36. The maximum Gasteiger partial charge on any atom is 0.405 e. The highest BCUT2D eigenvalue weighted by molar-refractivity contribution is 5.78. The van der Waals surface area contributed by atoms with E-state index in [1.165, 1.54) is 0 Å². The summed E-state index contributed by atoms with van der Waals surface area (Å²) in [6, 6.07) is 10.0. The van der Waals surface area contributed by atoms with E-state index in [2.05, 4.69) is 17.1 Å². The van der Waals surface area contributed by atoms with E-state index in [1.807, 2.05) is 40.5 Å². The van der Waals surface area contributed by atoms with Gasteiger partial charge in [0.15, 0.2) is 0 Å². The number of benzene rings is 1. The van der Waals surface area contributed by atoms with Crippen molar-refractivity contribution in [2.24, 2.45) is 0 Å². The molecule has 1 aromatic rings. The van der Waals surface area contributed by atoms with Gasteiger partial charge in [0.2, 0.25) is 5.91 Å². The Morgan fingerprint density at radius 1 is 1.08 bits per heavy atom. The molecule has 0 aliphatic carbocycles. The number of hydrogen-bond donors (Lipinski definition) is 1. The van der Waals surface area contributed by atoms with Gasteiger partial charge in [-0.05, 0) is 5.56 Å². The van der Waals surface area contributed by atoms with Crippen molar-refractivity contribution >= 4 is 12.0 Å². The number of amides is 1. The van der Waals surface area contributed by atoms with Gasteiger partial charge in [-0.15, -0.1) is 0 Å². The lowest BCUT2D eigenvalue weighted by Gasteiger charge is -2.33. The molecule has 0 unspecified atom stereocenters. The Kier molecular flexibility index (Phi) is 6.81. The highest BCUT2D eigenvalue weighted by Gasteiger charge is 2.28. The predicted molar refractivity (Wildman–Crippen MR) is 87.4 cm³/mol. The first-order valence-corrected chi connectivity index (χ1v) is 7.92. The molecule has 2 rings (SSSR count). The molecule has 0 atom stereocenters. The highest BCUT2D eigenvalue weighted by Crippen LogP contribution is 2.12. The number of alkyl halides is 3. The van der Waals surface area contributed by atoms with Crippen molar-refractivity contribution in [2.75, 3.05) is 45.8 Å². The molecule has 1 saturated heterocycles. The Bertz CT molecular complexity index is 538. The summed E-state index contributed by atoms with van der Waals surface area (Å²) in [5.41, 5.74) is 1.15. The quantitative estimate of drug-likeness (QED) is 0.860. The van der Waals surface area contributed by atoms with Gasteiger partial charge in [-0.3, -0.25) is 14.6 Å². The number of nitrogens with one attached hydrogen (secondary N) is 1. The fourth-order valence-corrected chi connectivity index (χ4v) is 2.49. The van der Waals surface area contributed by atoms with Crippen LogP contribution in [0.2, 0.25) is 0 Å². The Labute approximate surface area is 139 Å². The summed E-state index contributed by atoms with van der Waals surface area (Å²) in [6.45, 7) is 2.53. The van der Waals surface area contributed by atoms with E-state index in [-0.39, 0.29) is 6.54 Å². The summed E-state index contributed by atoms with van der Waals surface area (Å²) in [5.74, 6) is -0.579. The molecule has 0 radical (unpaired) electrons. The molecule has 1 heterocycles. The van der Waals surface area contributed by atoms with Crippen LogP contribution in [0.4, 0.5) is 13.2 Å². The maximum absolute atomic E-state index is 12.0. The van der Waals surface area contributed by atoms with Crippen LogP contribution < -0.4 is 5.32 Å². The second-order valence-electron chi connectivity index (χ2n) is 5.78. The van der Waals surface area contributed by atoms with Crippen molar-refractivity contribution < 1.29 is 18.0 Å². The molecule has 1 aliphatic rings. The maximum atomic E-state index is 12.0. The van der Waals surface area contributed by atoms with Crippen molar-refractivity contribution in [3.05, 3.63) is 42.0 Å². The van der Waals surface area contributed by atoms with Gasteiger partial charge in [0.05, 0.1) is 6.54 Å². The Balaban J connectivity index is 1.64. The molecular weight excluding hydrogens is 319 g/mol. The molecular formula is C17H22F3N3O. The lowest BCUT2D eigenvalue weighted by Crippen LogP contribution is -2.50. The molecule has 1 fully saturated rings. The molecule has 1 aliphatic heterocycles. The summed E-state index contributed by atoms with van der Waals surface area (Å²) < 4.78 is 36.1. The smallest absolute Gasteiger partial charge is 0.346 e. The number of rotatable bonds is 6. The van der Waals surface area contributed by atoms with Crippen LogP contribution in [0, 0.1) is 0 Å². The summed E-state index contributed by atoms with van der Waals surface area (Å²) >= 11 is 0. The molecule has 132 valence electrons. The molecule has 24 heavy (non-hydrogen) atoms. The fraction of sp³-hybridized carbons (Fsp3) is 0.471. The fourth-order valence-electron chi connectivity index (χ4n) is 2.49. The Hall–Kier alpha value is -1.86. The topological polar surface area (TPSA) is 35.6 Å². The van der Waals surface area contributed by atoms with Crippen molar-refractivity contribution in [1.29, 1.82) is 0 Å². The SMILES string of the molecule is O=C(CN1CCN(C/C=C/c2ccccc2)CC1)NCC(F)(F)F. The number of carbonyl (C=O) groups excluding carboxylic acids is 1. The highest BCUT2D eigenvalue weighted by atomic mass is 19.4. The molecule has 0 saturated carbocycles. The third kappa shape index (κ3) is 7.14. The summed E-state index contributed by atoms with van der Waals surface area (Å²) in [7, 11) is 0. The van der Waals surface area contributed by atoms with E-state index < -0.39 is 18.6 Å². The third-order valence-corrected chi connectivity index (χ3v) is 3.79. The van der Waals surface area contributed by atoms with Crippen LogP contribution in [0.1, 0.15) is 5.56 Å². The average molecular weight is 341 g/mol. The van der Waals surface area contributed by atoms with Gasteiger partial charge in [-0.1, -0.05) is 42.5 Å². The molecule has 1 N–H and O–H groups in total. The largest absolute Gasteiger partial charge is 0.405 e. The van der Waals surface area contributed by atoms with Gasteiger partial charge in [-0.2, -0.15) is 13.2 Å². The van der Waals surface area contributed by atoms with Crippen LogP contribution >= 0.6 is 0 Å². The molecule has 0 spiro atoms. The van der Waals surface area contributed by atoms with Gasteiger partial charge in [0.1, 0.15) is 6.54 Å². The average Bonchev–Trinajstić information content (AvgIpc) is 2.55. The minimum Gasteiger partial charge on any atom is -0.346 e. The van der Waals surface area contributed by atoms with E-state index in [0.29, 0.717) is 13.1 Å². The first-order valence-electron chi connectivity index (χ1n) is 7.92. The van der Waals surface area contributed by atoms with Gasteiger partial charge >= 0.3 is 6.18 Å². The number of piperazine rings is 1. The van der Waals surface area contributed by atoms with E-state index in [4.69, 9.17) is 0 Å². The molecule has 7 heteroatoms. The molecule has 1 amide bonds. The number of hydrogen-bond acceptors (Lipinski definition) is 3. The first-order chi connectivity index (χ1) is 11.4. The van der Waals surface area contributed by atoms with E-state index >= 15 is 0 Å². The minimum absolute atomic E-state index is 0.0176. The molecule has 0 bridgehead atoms. The lowest BCUT2D eigenvalue weighted by atomic mass is 10.2. The van der Waals surface area contributed by atoms with Crippen LogP contribution in [-0.4, -0.2) is 67.7 Å². The van der Waals surface area contributed by atoms with Gasteiger partial charge in [0.25, 0.3) is 0 Å². The zero-order valence-corrected chi connectivity index (χ0v) is 13.4. The summed E-state index contributed by atoms with van der Waals surface area (Å²) in [6.07, 6.45) is -0.197. The zero-order chi connectivity index (χ0) is 17.4. The van der Waals surface area contributed by atoms with Crippen molar-refractivity contribution in [3.63, 3.8) is 0 Å². The van der Waals surface area contributed by atoms with Crippen LogP contribution in [0.15, 0.2) is 36.4 Å². The van der Waals surface area contributed by atoms with E-state index in [9.17, 15) is 18.0 Å². The number of nitrogens with zero attached hydrogens (tertiary/aromatic N) is 2. The number of carbonyl (C=O) groups is 1. The lowest BCUT2D eigenvalue weighted by molar-refractivity contribution is -0.139. The van der Waals surface area contributed by atoms with Crippen LogP contribution in [0.5, 0.6) is 0 Å². The molecule has 1 aromatic carbocycles. The Morgan fingerprint density at radius 3 is 2.33 bits per heavy atom. The second-order valence-corrected chi connectivity index (χ2v) is 5.78. The second kappa shape index (κ2) is 8.84. The standard InChI is InChI=1S/C17H22F3N3O/c18-17(19,20)14-21-16(24)13-23-11-9-22(10-12-23)8-4-7-15-5-2-1-3-6-15/h1-7H,8-14H2,(H,21,24)/b7-4+. The van der Waals surface area contributed by atoms with Gasteiger partial charge in [0, 0.05) is 32.7 Å². The van der Waals surface area contributed by atoms with Crippen molar-refractivity contribution in [3.8, 4) is 0 Å². The van der Waals surface area contributed by atoms with Crippen LogP contribution in [0.25, 0.3) is 6.08 Å². The molecule has 4 nitrogen and oxygen atoms in total. The van der Waals surface area contributed by atoms with Crippen molar-refractivity contribution in [1.82, 2.24) is 15.1 Å². The Morgan fingerprint density at radius 2 is 1.71 bits per heavy atom. The third-order valence-electron chi connectivity index (χ3n) is 3.79. The monoisotopic (exact) mass is 341 g/mol. The zero-order valence-electron chi connectivity index (χ0n) is 13.4. The van der Waals surface area contributed by atoms with Crippen LogP contribution in [0.3, 0.4) is 0 Å². The predicted octanol–water partition coefficient (Wildman–Crippen LogP) is 2.00. The first kappa shape index (κ1) is 18.5. The van der Waals surface area contributed by atoms with Gasteiger partial charge < -0.3 is 5.32 Å². The normalized spacial score (nSPS) is 17.3. The van der Waals surface area contributed by atoms with Crippen LogP contribution in [-0.2, 0) is 4.79 Å². The van der Waals surface area contributed by atoms with Gasteiger partial charge in [-0.25, -0.2) is 0 Å². The molecule has 0 aromatic heterocycles. The van der Waals surface area contributed by atoms with E-state index in [0.717, 1.165) is 25.2 Å². The number of halogens is 3. The van der Waals surface area contributed by atoms with Crippen molar-refractivity contribution in [2.45, 2.75) is 6.18 Å². The van der Waals surface area contributed by atoms with E-state index in [1.54, 1.807) is 0 Å².